The van der Waals surface area contributed by atoms with Crippen LogP contribution in [0.25, 0.3) is 10.2 Å². The van der Waals surface area contributed by atoms with Crippen molar-refractivity contribution in [3.05, 3.63) is 24.3 Å². The van der Waals surface area contributed by atoms with Crippen molar-refractivity contribution >= 4 is 44.0 Å². The maximum Gasteiger partial charge on any atom is 0.268 e. The van der Waals surface area contributed by atoms with E-state index in [1.165, 1.54) is 42.5 Å². The summed E-state index contributed by atoms with van der Waals surface area (Å²) in [4.78, 5) is 23.1. The number of carbonyl (C=O) groups excluding carboxylic acids is 1. The lowest BCUT2D eigenvalue weighted by Crippen LogP contribution is -3.21. The molecule has 29 heavy (non-hydrogen) atoms. The Morgan fingerprint density at radius 2 is 2.14 bits per heavy atom. The number of para-hydroxylation sites is 1. The summed E-state index contributed by atoms with van der Waals surface area (Å²) in [6, 6.07) is 7.97. The van der Waals surface area contributed by atoms with Crippen LogP contribution in [-0.4, -0.2) is 61.6 Å². The zero-order chi connectivity index (χ0) is 20.2. The first kappa shape index (κ1) is 20.1. The van der Waals surface area contributed by atoms with Gasteiger partial charge in [-0.2, -0.15) is 10.1 Å². The van der Waals surface area contributed by atoms with Gasteiger partial charge in [-0.05, 0) is 18.6 Å². The third-order valence-corrected chi connectivity index (χ3v) is 6.72. The van der Waals surface area contributed by atoms with Gasteiger partial charge in [0.2, 0.25) is 5.13 Å². The molecule has 0 bridgehead atoms. The number of nitrogens with two attached hydrogens (primary N) is 1. The van der Waals surface area contributed by atoms with E-state index in [1.54, 1.807) is 4.90 Å². The number of hydrogen-bond acceptors (Lipinski definition) is 4. The summed E-state index contributed by atoms with van der Waals surface area (Å²) >= 11 is 1.52. The summed E-state index contributed by atoms with van der Waals surface area (Å²) in [5.74, 6) is -0.274. The van der Waals surface area contributed by atoms with Gasteiger partial charge in [-0.3, -0.25) is 4.79 Å². The highest BCUT2D eigenvalue weighted by Gasteiger charge is 2.41. The maximum atomic E-state index is 13.3. The van der Waals surface area contributed by atoms with Crippen molar-refractivity contribution in [2.24, 2.45) is 11.0 Å². The standard InChI is InChI=1S/C21H28N6OS/c1-3-6-17-19(15(2)23-11-14-26-12-9-22-10-13-26)20(28)27(25-17)21-24-16-7-4-5-8-18(16)29-21/h4-5,7-8,19,22H,3,6,9-14H2,1-2H3/p+3/t19-/m1/s1. The molecule has 8 heteroatoms. The number of rotatable bonds is 7. The minimum Gasteiger partial charge on any atom is -0.337 e. The van der Waals surface area contributed by atoms with Crippen LogP contribution in [0, 0.1) is 5.92 Å². The van der Waals surface area contributed by atoms with Gasteiger partial charge in [0.25, 0.3) is 5.91 Å². The molecule has 1 saturated heterocycles. The molecule has 2 aromatic rings. The molecule has 0 aliphatic carbocycles. The van der Waals surface area contributed by atoms with Crippen LogP contribution in [0.2, 0.25) is 0 Å². The van der Waals surface area contributed by atoms with Crippen molar-refractivity contribution in [3.63, 3.8) is 0 Å². The Labute approximate surface area is 175 Å². The van der Waals surface area contributed by atoms with Crippen LogP contribution in [-0.2, 0) is 4.79 Å². The second kappa shape index (κ2) is 9.11. The number of piperazine rings is 1. The number of quaternary nitrogens is 2. The fourth-order valence-electron chi connectivity index (χ4n) is 4.14. The normalized spacial score (nSPS) is 21.2. The van der Waals surface area contributed by atoms with Gasteiger partial charge in [-0.1, -0.05) is 36.8 Å². The van der Waals surface area contributed by atoms with E-state index in [-0.39, 0.29) is 11.8 Å². The van der Waals surface area contributed by atoms with Gasteiger partial charge in [0.1, 0.15) is 32.7 Å². The second-order valence-corrected chi connectivity index (χ2v) is 8.87. The molecule has 4 N–H and O–H groups in total. The van der Waals surface area contributed by atoms with Crippen LogP contribution >= 0.6 is 11.3 Å². The molecular formula is C21H31N6OS+3. The average molecular weight is 416 g/mol. The largest absolute Gasteiger partial charge is 0.337 e. The van der Waals surface area contributed by atoms with Crippen LogP contribution in [0.1, 0.15) is 26.7 Å². The summed E-state index contributed by atoms with van der Waals surface area (Å²) in [6.07, 6.45) is 1.79. The molecular weight excluding hydrogens is 384 g/mol. The number of amides is 1. The predicted octanol–water partition coefficient (Wildman–Crippen LogP) is -1.58. The highest BCUT2D eigenvalue weighted by molar-refractivity contribution is 7.22. The van der Waals surface area contributed by atoms with Crippen molar-refractivity contribution in [2.45, 2.75) is 26.7 Å². The number of carbonyl (C=O) groups is 1. The number of nitrogens with one attached hydrogen (secondary N) is 2. The summed E-state index contributed by atoms with van der Waals surface area (Å²) in [5, 5.41) is 9.27. The zero-order valence-electron chi connectivity index (χ0n) is 17.3. The van der Waals surface area contributed by atoms with E-state index in [1.807, 2.05) is 31.2 Å². The van der Waals surface area contributed by atoms with Crippen molar-refractivity contribution in [1.29, 1.82) is 0 Å². The molecule has 7 nitrogen and oxygen atoms in total. The Morgan fingerprint density at radius 3 is 2.90 bits per heavy atom. The Balaban J connectivity index is 1.50. The predicted molar refractivity (Wildman–Crippen MR) is 117 cm³/mol. The monoisotopic (exact) mass is 415 g/mol. The molecule has 1 fully saturated rings. The van der Waals surface area contributed by atoms with Crippen LogP contribution < -0.4 is 20.2 Å². The first-order valence-corrected chi connectivity index (χ1v) is 11.5. The highest BCUT2D eigenvalue weighted by atomic mass is 32.1. The van der Waals surface area contributed by atoms with Crippen molar-refractivity contribution in [3.8, 4) is 0 Å². The van der Waals surface area contributed by atoms with E-state index in [0.717, 1.165) is 47.6 Å². The molecule has 1 aromatic heterocycles. The van der Waals surface area contributed by atoms with Gasteiger partial charge in [-0.15, -0.1) is 0 Å². The molecule has 1 aromatic carbocycles. The third-order valence-electron chi connectivity index (χ3n) is 5.71. The molecule has 1 amide bonds. The Hall–Kier alpha value is -2.16. The number of aromatic nitrogens is 1. The van der Waals surface area contributed by atoms with E-state index in [2.05, 4.69) is 22.2 Å². The van der Waals surface area contributed by atoms with E-state index < -0.39 is 0 Å². The van der Waals surface area contributed by atoms with Crippen LogP contribution in [0.15, 0.2) is 29.4 Å². The fraction of sp³-hybridized carbons (Fsp3) is 0.524. The van der Waals surface area contributed by atoms with E-state index in [9.17, 15) is 4.79 Å². The fourth-order valence-corrected chi connectivity index (χ4v) is 5.07. The quantitative estimate of drug-likeness (QED) is 0.477. The molecule has 4 rings (SSSR count). The number of anilines is 1. The van der Waals surface area contributed by atoms with E-state index in [4.69, 9.17) is 5.10 Å². The SMILES string of the molecule is CCCC1=NN(c2nc3ccccc3s2)C(=O)[C@@H]1C(C)=[NH+]CC[NH+]1CC[NH2+]CC1. The number of benzene rings is 1. The van der Waals surface area contributed by atoms with Gasteiger partial charge in [0, 0.05) is 6.92 Å². The van der Waals surface area contributed by atoms with Crippen molar-refractivity contribution in [2.75, 3.05) is 44.3 Å². The summed E-state index contributed by atoms with van der Waals surface area (Å²) in [6.45, 7) is 11.0. The summed E-state index contributed by atoms with van der Waals surface area (Å²) in [5.41, 5.74) is 2.87. The molecule has 154 valence electrons. The number of hydrazone groups is 1. The third kappa shape index (κ3) is 4.39. The smallest absolute Gasteiger partial charge is 0.268 e. The number of hydrogen-bond donors (Lipinski definition) is 3. The molecule has 2 aliphatic heterocycles. The van der Waals surface area contributed by atoms with Crippen LogP contribution in [0.4, 0.5) is 5.13 Å². The van der Waals surface area contributed by atoms with E-state index >= 15 is 0 Å². The van der Waals surface area contributed by atoms with Gasteiger partial charge in [0.05, 0.1) is 15.9 Å². The Kier molecular flexibility index (Phi) is 6.32. The molecule has 0 saturated carbocycles. The number of thiazole rings is 1. The lowest BCUT2D eigenvalue weighted by atomic mass is 9.95. The average Bonchev–Trinajstić information content (AvgIpc) is 3.30. The lowest BCUT2D eigenvalue weighted by molar-refractivity contribution is -0.951. The summed E-state index contributed by atoms with van der Waals surface area (Å²) in [7, 11) is 0. The van der Waals surface area contributed by atoms with Crippen LogP contribution in [0.5, 0.6) is 0 Å². The highest BCUT2D eigenvalue weighted by Crippen LogP contribution is 2.32. The summed E-state index contributed by atoms with van der Waals surface area (Å²) < 4.78 is 1.08. The maximum absolute atomic E-state index is 13.3. The Morgan fingerprint density at radius 1 is 1.34 bits per heavy atom. The topological polar surface area (TPSA) is 80.6 Å². The zero-order valence-corrected chi connectivity index (χ0v) is 18.1. The van der Waals surface area contributed by atoms with Crippen LogP contribution in [0.3, 0.4) is 0 Å². The van der Waals surface area contributed by atoms with E-state index in [0.29, 0.717) is 5.13 Å². The van der Waals surface area contributed by atoms with Crippen molar-refractivity contribution in [1.82, 2.24) is 4.98 Å². The van der Waals surface area contributed by atoms with Gasteiger partial charge in [0.15, 0.2) is 18.2 Å². The molecule has 0 unspecified atom stereocenters. The molecule has 2 aliphatic rings. The van der Waals surface area contributed by atoms with Gasteiger partial charge >= 0.3 is 0 Å². The Bertz CT molecular complexity index is 897. The molecule has 0 spiro atoms. The minimum atomic E-state index is -0.286. The first-order valence-electron chi connectivity index (χ1n) is 10.7. The second-order valence-electron chi connectivity index (χ2n) is 7.86. The van der Waals surface area contributed by atoms with Gasteiger partial charge < -0.3 is 10.2 Å². The lowest BCUT2D eigenvalue weighted by Gasteiger charge is -2.20. The first-order chi connectivity index (χ1) is 14.2. The molecule has 1 atom stereocenters. The van der Waals surface area contributed by atoms with Gasteiger partial charge in [-0.25, -0.2) is 9.98 Å². The molecule has 0 radical (unpaired) electrons. The number of fused-ring (bicyclic) bond motifs is 1. The minimum absolute atomic E-state index is 0.0115. The number of nitrogens with zero attached hydrogens (tertiary/aromatic N) is 3. The molecule has 3 heterocycles. The van der Waals surface area contributed by atoms with Crippen molar-refractivity contribution < 1.29 is 20.0 Å².